The van der Waals surface area contributed by atoms with Crippen molar-refractivity contribution < 1.29 is 9.59 Å². The van der Waals surface area contributed by atoms with Gasteiger partial charge >= 0.3 is 0 Å². The lowest BCUT2D eigenvalue weighted by atomic mass is 10.1. The maximum Gasteiger partial charge on any atom is 0.242 e. The summed E-state index contributed by atoms with van der Waals surface area (Å²) in [5.74, 6) is 0.251. The molecule has 1 saturated heterocycles. The van der Waals surface area contributed by atoms with Crippen LogP contribution in [-0.2, 0) is 9.59 Å². The molecule has 7 heteroatoms. The molecule has 5 nitrogen and oxygen atoms in total. The first-order valence-corrected chi connectivity index (χ1v) is 10.1. The number of halogens is 1. The van der Waals surface area contributed by atoms with E-state index in [1.165, 1.54) is 0 Å². The number of carbonyl (C=O) groups excluding carboxylic acids is 2. The van der Waals surface area contributed by atoms with Crippen molar-refractivity contribution in [3.63, 3.8) is 0 Å². The zero-order chi connectivity index (χ0) is 19.6. The summed E-state index contributed by atoms with van der Waals surface area (Å²) in [6, 6.07) is 15.5. The van der Waals surface area contributed by atoms with Crippen molar-refractivity contribution >= 4 is 52.2 Å². The molecular formula is C20H22ClN3O2S. The summed E-state index contributed by atoms with van der Waals surface area (Å²) in [5.41, 5.74) is 3.58. The standard InChI is InChI=1S/C20H22ClN3O2S/c1-13(21)19(26)22-15-6-4-5-14(11-15)20-24(18(25)12-27-20)17-9-7-16(8-10-17)23(2)3/h4-11,13,20H,12H2,1-3H3,(H,22,26). The number of thioether (sulfide) groups is 1. The van der Waals surface area contributed by atoms with Crippen molar-refractivity contribution in [2.45, 2.75) is 17.7 Å². The summed E-state index contributed by atoms with van der Waals surface area (Å²) in [6.45, 7) is 1.63. The lowest BCUT2D eigenvalue weighted by Crippen LogP contribution is -2.28. The van der Waals surface area contributed by atoms with Crippen molar-refractivity contribution in [2.24, 2.45) is 0 Å². The third-order valence-corrected chi connectivity index (χ3v) is 5.72. The van der Waals surface area contributed by atoms with Gasteiger partial charge in [0, 0.05) is 31.2 Å². The summed E-state index contributed by atoms with van der Waals surface area (Å²) in [5, 5.41) is 2.06. The molecule has 2 amide bonds. The number of amides is 2. The second kappa shape index (κ2) is 8.23. The minimum atomic E-state index is -0.609. The van der Waals surface area contributed by atoms with Crippen molar-refractivity contribution in [1.82, 2.24) is 0 Å². The first-order valence-electron chi connectivity index (χ1n) is 8.63. The number of alkyl halides is 1. The number of benzene rings is 2. The Labute approximate surface area is 168 Å². The highest BCUT2D eigenvalue weighted by Gasteiger charge is 2.34. The molecule has 2 unspecified atom stereocenters. The summed E-state index contributed by atoms with van der Waals surface area (Å²) in [6.07, 6.45) is 0. The van der Waals surface area contributed by atoms with E-state index in [0.29, 0.717) is 11.4 Å². The second-order valence-corrected chi connectivity index (χ2v) is 8.29. The van der Waals surface area contributed by atoms with Gasteiger partial charge in [0.2, 0.25) is 11.8 Å². The molecule has 1 N–H and O–H groups in total. The van der Waals surface area contributed by atoms with Crippen LogP contribution in [0.1, 0.15) is 17.9 Å². The zero-order valence-corrected chi connectivity index (χ0v) is 17.1. The van der Waals surface area contributed by atoms with E-state index in [1.807, 2.05) is 72.4 Å². The summed E-state index contributed by atoms with van der Waals surface area (Å²) in [4.78, 5) is 28.2. The predicted molar refractivity (Wildman–Crippen MR) is 114 cm³/mol. The molecule has 1 aliphatic heterocycles. The average molecular weight is 404 g/mol. The largest absolute Gasteiger partial charge is 0.378 e. The molecule has 0 aliphatic carbocycles. The summed E-state index contributed by atoms with van der Waals surface area (Å²) >= 11 is 7.41. The van der Waals surface area contributed by atoms with Gasteiger partial charge in [0.15, 0.2) is 0 Å². The fourth-order valence-electron chi connectivity index (χ4n) is 2.87. The van der Waals surface area contributed by atoms with Crippen LogP contribution in [0, 0.1) is 0 Å². The lowest BCUT2D eigenvalue weighted by molar-refractivity contribution is -0.116. The van der Waals surface area contributed by atoms with E-state index in [9.17, 15) is 9.59 Å². The molecule has 0 spiro atoms. The number of hydrogen-bond donors (Lipinski definition) is 1. The lowest BCUT2D eigenvalue weighted by Gasteiger charge is -2.25. The fourth-order valence-corrected chi connectivity index (χ4v) is 4.09. The van der Waals surface area contributed by atoms with Gasteiger partial charge in [-0.2, -0.15) is 0 Å². The van der Waals surface area contributed by atoms with E-state index in [1.54, 1.807) is 18.7 Å². The third kappa shape index (κ3) is 4.39. The number of carbonyl (C=O) groups is 2. The summed E-state index contributed by atoms with van der Waals surface area (Å²) < 4.78 is 0. The van der Waals surface area contributed by atoms with Gasteiger partial charge in [-0.15, -0.1) is 23.4 Å². The Bertz CT molecular complexity index is 839. The maximum atomic E-state index is 12.5. The van der Waals surface area contributed by atoms with Gasteiger partial charge in [0.05, 0.1) is 5.75 Å². The second-order valence-electron chi connectivity index (χ2n) is 6.57. The van der Waals surface area contributed by atoms with Crippen LogP contribution in [-0.4, -0.2) is 37.0 Å². The molecule has 0 radical (unpaired) electrons. The topological polar surface area (TPSA) is 52.7 Å². The van der Waals surface area contributed by atoms with E-state index >= 15 is 0 Å². The quantitative estimate of drug-likeness (QED) is 0.764. The Balaban J connectivity index is 1.87. The molecule has 1 heterocycles. The normalized spacial score (nSPS) is 17.7. The van der Waals surface area contributed by atoms with E-state index in [0.717, 1.165) is 16.9 Å². The van der Waals surface area contributed by atoms with Crippen LogP contribution < -0.4 is 15.1 Å². The maximum absolute atomic E-state index is 12.5. The summed E-state index contributed by atoms with van der Waals surface area (Å²) in [7, 11) is 3.96. The van der Waals surface area contributed by atoms with Gasteiger partial charge in [-0.1, -0.05) is 12.1 Å². The molecule has 0 bridgehead atoms. The number of nitrogens with one attached hydrogen (secondary N) is 1. The first-order chi connectivity index (χ1) is 12.9. The molecular weight excluding hydrogens is 382 g/mol. The van der Waals surface area contributed by atoms with Crippen molar-refractivity contribution in [3.8, 4) is 0 Å². The minimum absolute atomic E-state index is 0.0754. The number of nitrogens with zero attached hydrogens (tertiary/aromatic N) is 2. The van der Waals surface area contributed by atoms with Crippen LogP contribution in [0.2, 0.25) is 0 Å². The molecule has 27 heavy (non-hydrogen) atoms. The van der Waals surface area contributed by atoms with E-state index in [-0.39, 0.29) is 17.2 Å². The highest BCUT2D eigenvalue weighted by Crippen LogP contribution is 2.42. The third-order valence-electron chi connectivity index (χ3n) is 4.31. The molecule has 2 aromatic carbocycles. The van der Waals surface area contributed by atoms with E-state index in [4.69, 9.17) is 11.6 Å². The molecule has 2 aromatic rings. The molecule has 1 fully saturated rings. The van der Waals surface area contributed by atoms with Gasteiger partial charge in [-0.3, -0.25) is 14.5 Å². The Morgan fingerprint density at radius 2 is 1.96 bits per heavy atom. The van der Waals surface area contributed by atoms with Crippen molar-refractivity contribution in [2.75, 3.05) is 35.0 Å². The van der Waals surface area contributed by atoms with Gasteiger partial charge in [0.25, 0.3) is 0 Å². The Hall–Kier alpha value is -2.18. The molecule has 2 atom stereocenters. The predicted octanol–water partition coefficient (Wildman–Crippen LogP) is 4.10. The number of rotatable bonds is 5. The van der Waals surface area contributed by atoms with Gasteiger partial charge in [0.1, 0.15) is 10.8 Å². The smallest absolute Gasteiger partial charge is 0.242 e. The van der Waals surface area contributed by atoms with Gasteiger partial charge < -0.3 is 10.2 Å². The highest BCUT2D eigenvalue weighted by molar-refractivity contribution is 8.00. The average Bonchev–Trinajstić information content (AvgIpc) is 3.03. The van der Waals surface area contributed by atoms with E-state index in [2.05, 4.69) is 5.32 Å². The van der Waals surface area contributed by atoms with Gasteiger partial charge in [-0.05, 0) is 48.9 Å². The molecule has 142 valence electrons. The Morgan fingerprint density at radius 1 is 1.26 bits per heavy atom. The van der Waals surface area contributed by atoms with Crippen LogP contribution in [0.25, 0.3) is 0 Å². The van der Waals surface area contributed by atoms with Crippen LogP contribution in [0.4, 0.5) is 17.1 Å². The Kier molecular flexibility index (Phi) is 5.97. The Morgan fingerprint density at radius 3 is 2.59 bits per heavy atom. The van der Waals surface area contributed by atoms with Crippen LogP contribution >= 0.6 is 23.4 Å². The minimum Gasteiger partial charge on any atom is -0.378 e. The first kappa shape index (κ1) is 19.6. The van der Waals surface area contributed by atoms with Crippen molar-refractivity contribution in [3.05, 3.63) is 54.1 Å². The number of hydrogen-bond acceptors (Lipinski definition) is 4. The van der Waals surface area contributed by atoms with Crippen LogP contribution in [0.3, 0.4) is 0 Å². The van der Waals surface area contributed by atoms with Gasteiger partial charge in [-0.25, -0.2) is 0 Å². The SMILES string of the molecule is CC(Cl)C(=O)Nc1cccc(C2SCC(=O)N2c2ccc(N(C)C)cc2)c1. The number of anilines is 3. The monoisotopic (exact) mass is 403 g/mol. The van der Waals surface area contributed by atoms with Crippen molar-refractivity contribution in [1.29, 1.82) is 0 Å². The van der Waals surface area contributed by atoms with Crippen LogP contribution in [0.5, 0.6) is 0 Å². The highest BCUT2D eigenvalue weighted by atomic mass is 35.5. The fraction of sp³-hybridized carbons (Fsp3) is 0.300. The molecule has 0 saturated carbocycles. The molecule has 1 aliphatic rings. The van der Waals surface area contributed by atoms with E-state index < -0.39 is 5.38 Å². The zero-order valence-electron chi connectivity index (χ0n) is 15.5. The van der Waals surface area contributed by atoms with Crippen LogP contribution in [0.15, 0.2) is 48.5 Å². The molecule has 0 aromatic heterocycles. The molecule has 3 rings (SSSR count).